The SMILES string of the molecule is COc1ccc(C(=O)C[C@]2(O)C(=O)N(Cc3ccccc3F)c3ccccc32)cc1. The summed E-state index contributed by atoms with van der Waals surface area (Å²) in [5, 5.41) is 11.3. The van der Waals surface area contributed by atoms with Gasteiger partial charge in [-0.2, -0.15) is 0 Å². The van der Waals surface area contributed by atoms with Gasteiger partial charge in [0.1, 0.15) is 11.6 Å². The van der Waals surface area contributed by atoms with Gasteiger partial charge in [0.15, 0.2) is 11.4 Å². The lowest BCUT2D eigenvalue weighted by Gasteiger charge is -2.23. The van der Waals surface area contributed by atoms with Crippen molar-refractivity contribution in [3.05, 3.63) is 95.3 Å². The second kappa shape index (κ2) is 7.72. The highest BCUT2D eigenvalue weighted by molar-refractivity contribution is 6.10. The van der Waals surface area contributed by atoms with Crippen molar-refractivity contribution in [3.8, 4) is 5.75 Å². The van der Waals surface area contributed by atoms with Gasteiger partial charge >= 0.3 is 0 Å². The molecule has 5 nitrogen and oxygen atoms in total. The van der Waals surface area contributed by atoms with Crippen molar-refractivity contribution in [3.63, 3.8) is 0 Å². The number of aliphatic hydroxyl groups is 1. The van der Waals surface area contributed by atoms with Crippen LogP contribution in [0, 0.1) is 5.82 Å². The second-order valence-corrected chi connectivity index (χ2v) is 7.19. The molecule has 152 valence electrons. The molecule has 1 atom stereocenters. The summed E-state index contributed by atoms with van der Waals surface area (Å²) in [6.45, 7) is -0.0401. The Morgan fingerprint density at radius 1 is 1.03 bits per heavy atom. The van der Waals surface area contributed by atoms with E-state index in [9.17, 15) is 19.1 Å². The van der Waals surface area contributed by atoms with Crippen molar-refractivity contribution in [1.82, 2.24) is 0 Å². The van der Waals surface area contributed by atoms with Crippen LogP contribution in [0.3, 0.4) is 0 Å². The lowest BCUT2D eigenvalue weighted by molar-refractivity contribution is -0.136. The average Bonchev–Trinajstić information content (AvgIpc) is 2.97. The van der Waals surface area contributed by atoms with E-state index in [1.807, 2.05) is 0 Å². The fraction of sp³-hybridized carbons (Fsp3) is 0.167. The average molecular weight is 405 g/mol. The number of nitrogens with zero attached hydrogens (tertiary/aromatic N) is 1. The van der Waals surface area contributed by atoms with E-state index in [0.29, 0.717) is 28.1 Å². The van der Waals surface area contributed by atoms with Gasteiger partial charge in [0.05, 0.1) is 25.8 Å². The van der Waals surface area contributed by atoms with E-state index >= 15 is 0 Å². The van der Waals surface area contributed by atoms with Crippen molar-refractivity contribution < 1.29 is 23.8 Å². The van der Waals surface area contributed by atoms with E-state index in [-0.39, 0.29) is 12.3 Å². The summed E-state index contributed by atoms with van der Waals surface area (Å²) >= 11 is 0. The Bertz CT molecular complexity index is 1110. The zero-order valence-corrected chi connectivity index (χ0v) is 16.3. The Labute approximate surface area is 173 Å². The lowest BCUT2D eigenvalue weighted by atomic mass is 9.88. The van der Waals surface area contributed by atoms with Crippen LogP contribution in [0.15, 0.2) is 72.8 Å². The molecule has 0 bridgehead atoms. The number of para-hydroxylation sites is 1. The van der Waals surface area contributed by atoms with Gasteiger partial charge in [0, 0.05) is 16.7 Å². The summed E-state index contributed by atoms with van der Waals surface area (Å²) in [6, 6.07) is 19.4. The largest absolute Gasteiger partial charge is 0.497 e. The van der Waals surface area contributed by atoms with Gasteiger partial charge in [-0.3, -0.25) is 9.59 Å². The molecule has 0 radical (unpaired) electrons. The van der Waals surface area contributed by atoms with Gasteiger partial charge in [-0.25, -0.2) is 4.39 Å². The Hall–Kier alpha value is -3.51. The molecule has 1 heterocycles. The zero-order valence-electron chi connectivity index (χ0n) is 16.3. The van der Waals surface area contributed by atoms with E-state index in [2.05, 4.69) is 0 Å². The normalized spacial score (nSPS) is 17.7. The fourth-order valence-electron chi connectivity index (χ4n) is 3.74. The third-order valence-electron chi connectivity index (χ3n) is 5.35. The van der Waals surface area contributed by atoms with E-state index in [1.54, 1.807) is 66.7 Å². The number of hydrogen-bond donors (Lipinski definition) is 1. The Kier molecular flexibility index (Phi) is 5.10. The monoisotopic (exact) mass is 405 g/mol. The quantitative estimate of drug-likeness (QED) is 0.633. The van der Waals surface area contributed by atoms with Crippen LogP contribution < -0.4 is 9.64 Å². The van der Waals surface area contributed by atoms with Gasteiger partial charge in [-0.15, -0.1) is 0 Å². The third-order valence-corrected chi connectivity index (χ3v) is 5.35. The van der Waals surface area contributed by atoms with Crippen molar-refractivity contribution in [2.45, 2.75) is 18.6 Å². The van der Waals surface area contributed by atoms with Crippen LogP contribution in [-0.4, -0.2) is 23.9 Å². The van der Waals surface area contributed by atoms with Crippen molar-refractivity contribution in [2.75, 3.05) is 12.0 Å². The fourth-order valence-corrected chi connectivity index (χ4v) is 3.74. The number of benzene rings is 3. The minimum atomic E-state index is -2.02. The summed E-state index contributed by atoms with van der Waals surface area (Å²) in [4.78, 5) is 27.4. The Morgan fingerprint density at radius 2 is 1.70 bits per heavy atom. The van der Waals surface area contributed by atoms with Crippen LogP contribution in [0.1, 0.15) is 27.9 Å². The van der Waals surface area contributed by atoms with Gasteiger partial charge in [0.25, 0.3) is 5.91 Å². The van der Waals surface area contributed by atoms with Gasteiger partial charge in [-0.05, 0) is 36.4 Å². The number of halogens is 1. The molecule has 30 heavy (non-hydrogen) atoms. The number of Topliss-reactive ketones (excluding diaryl/α,β-unsaturated/α-hetero) is 1. The number of anilines is 1. The van der Waals surface area contributed by atoms with Crippen LogP contribution >= 0.6 is 0 Å². The Morgan fingerprint density at radius 3 is 2.40 bits per heavy atom. The van der Waals surface area contributed by atoms with Gasteiger partial charge in [0.2, 0.25) is 0 Å². The molecule has 4 rings (SSSR count). The molecule has 0 saturated heterocycles. The number of amides is 1. The van der Waals surface area contributed by atoms with Crippen LogP contribution in [0.5, 0.6) is 5.75 Å². The van der Waals surface area contributed by atoms with Crippen LogP contribution in [0.4, 0.5) is 10.1 Å². The molecule has 0 saturated carbocycles. The predicted molar refractivity (Wildman–Crippen MR) is 110 cm³/mol. The molecule has 1 aliphatic rings. The predicted octanol–water partition coefficient (Wildman–Crippen LogP) is 3.84. The molecule has 1 amide bonds. The summed E-state index contributed by atoms with van der Waals surface area (Å²) in [5.41, 5.74) is -0.517. The van der Waals surface area contributed by atoms with Gasteiger partial charge in [-0.1, -0.05) is 36.4 Å². The molecule has 0 spiro atoms. The molecular weight excluding hydrogens is 385 g/mol. The molecule has 1 aliphatic heterocycles. The molecule has 6 heteroatoms. The smallest absolute Gasteiger partial charge is 0.264 e. The van der Waals surface area contributed by atoms with Crippen molar-refractivity contribution >= 4 is 17.4 Å². The molecule has 0 aliphatic carbocycles. The first-order valence-corrected chi connectivity index (χ1v) is 9.48. The van der Waals surface area contributed by atoms with Crippen molar-refractivity contribution in [2.24, 2.45) is 0 Å². The number of methoxy groups -OCH3 is 1. The molecule has 0 unspecified atom stereocenters. The maximum atomic E-state index is 14.2. The van der Waals surface area contributed by atoms with Crippen LogP contribution in [-0.2, 0) is 16.9 Å². The number of hydrogen-bond acceptors (Lipinski definition) is 4. The maximum Gasteiger partial charge on any atom is 0.264 e. The standard InChI is InChI=1S/C24H20FNO4/c1-30-18-12-10-16(11-13-18)22(27)14-24(29)19-7-3-5-9-21(19)26(23(24)28)15-17-6-2-4-8-20(17)25/h2-13,29H,14-15H2,1H3/t24-/m1/s1. The second-order valence-electron chi connectivity index (χ2n) is 7.19. The third kappa shape index (κ3) is 3.35. The van der Waals surface area contributed by atoms with E-state index < -0.39 is 23.7 Å². The van der Waals surface area contributed by atoms with Gasteiger partial charge < -0.3 is 14.7 Å². The van der Waals surface area contributed by atoms with Crippen LogP contribution in [0.25, 0.3) is 0 Å². The molecule has 1 N–H and O–H groups in total. The summed E-state index contributed by atoms with van der Waals surface area (Å²) in [5.74, 6) is -0.860. The number of carbonyl (C=O) groups excluding carboxylic acids is 2. The molecule has 3 aromatic carbocycles. The lowest BCUT2D eigenvalue weighted by Crippen LogP contribution is -2.41. The number of ketones is 1. The van der Waals surface area contributed by atoms with E-state index in [1.165, 1.54) is 18.1 Å². The minimum absolute atomic E-state index is 0.0401. The molecule has 3 aromatic rings. The molecular formula is C24H20FNO4. The molecule has 0 fully saturated rings. The summed E-state index contributed by atoms with van der Waals surface area (Å²) in [6.07, 6.45) is -0.414. The van der Waals surface area contributed by atoms with Crippen LogP contribution in [0.2, 0.25) is 0 Å². The maximum absolute atomic E-state index is 14.2. The van der Waals surface area contributed by atoms with E-state index in [4.69, 9.17) is 4.74 Å². The minimum Gasteiger partial charge on any atom is -0.497 e. The number of fused-ring (bicyclic) bond motifs is 1. The van der Waals surface area contributed by atoms with E-state index in [0.717, 1.165) is 0 Å². The first-order chi connectivity index (χ1) is 14.4. The first kappa shape index (κ1) is 19.8. The number of ether oxygens (including phenoxy) is 1. The topological polar surface area (TPSA) is 66.8 Å². The highest BCUT2D eigenvalue weighted by Crippen LogP contribution is 2.43. The highest BCUT2D eigenvalue weighted by atomic mass is 19.1. The Balaban J connectivity index is 1.66. The first-order valence-electron chi connectivity index (χ1n) is 9.48. The van der Waals surface area contributed by atoms with Crippen molar-refractivity contribution in [1.29, 1.82) is 0 Å². The number of carbonyl (C=O) groups is 2. The summed E-state index contributed by atoms with van der Waals surface area (Å²) in [7, 11) is 1.53. The zero-order chi connectivity index (χ0) is 21.3. The highest BCUT2D eigenvalue weighted by Gasteiger charge is 2.50. The summed E-state index contributed by atoms with van der Waals surface area (Å²) < 4.78 is 19.3. The number of rotatable bonds is 6. The molecule has 0 aromatic heterocycles.